The van der Waals surface area contributed by atoms with Crippen molar-refractivity contribution >= 4 is 19.7 Å². The Bertz CT molecular complexity index is 573. The second-order valence-corrected chi connectivity index (χ2v) is 8.43. The van der Waals surface area contributed by atoms with E-state index in [1.807, 2.05) is 12.3 Å². The van der Waals surface area contributed by atoms with Gasteiger partial charge in [0.2, 0.25) is 0 Å². The van der Waals surface area contributed by atoms with Crippen LogP contribution in [0.4, 0.5) is 0 Å². The molecular formula is C17H25NO3Si. The number of fused-ring (bicyclic) bond motifs is 1. The lowest BCUT2D eigenvalue weighted by Gasteiger charge is -2.24. The Labute approximate surface area is 133 Å². The Morgan fingerprint density at radius 3 is 2.36 bits per heavy atom. The summed E-state index contributed by atoms with van der Waals surface area (Å²) in [5.74, 6) is 0. The number of nitrogens with zero attached hydrogens (tertiary/aromatic N) is 1. The maximum atomic E-state index is 5.44. The highest BCUT2D eigenvalue weighted by molar-refractivity contribution is 6.60. The van der Waals surface area contributed by atoms with Crippen molar-refractivity contribution in [2.45, 2.75) is 31.7 Å². The number of pyridine rings is 1. The van der Waals surface area contributed by atoms with Crippen molar-refractivity contribution in [3.8, 4) is 0 Å². The fourth-order valence-corrected chi connectivity index (χ4v) is 4.56. The highest BCUT2D eigenvalue weighted by Gasteiger charge is 2.36. The van der Waals surface area contributed by atoms with Crippen molar-refractivity contribution in [2.24, 2.45) is 0 Å². The predicted octanol–water partition coefficient (Wildman–Crippen LogP) is 3.83. The van der Waals surface area contributed by atoms with E-state index < -0.39 is 8.80 Å². The Balaban J connectivity index is 1.84. The first-order valence-corrected chi connectivity index (χ1v) is 9.66. The number of aryl methyl sites for hydroxylation is 1. The smallest absolute Gasteiger partial charge is 0.377 e. The largest absolute Gasteiger partial charge is 0.500 e. The van der Waals surface area contributed by atoms with Crippen LogP contribution >= 0.6 is 0 Å². The first kappa shape index (κ1) is 17.1. The van der Waals surface area contributed by atoms with Crippen LogP contribution in [0, 0.1) is 0 Å². The van der Waals surface area contributed by atoms with Crippen molar-refractivity contribution in [3.05, 3.63) is 42.1 Å². The minimum Gasteiger partial charge on any atom is -0.377 e. The van der Waals surface area contributed by atoms with Crippen molar-refractivity contribution in [1.82, 2.24) is 4.98 Å². The number of aromatic nitrogens is 1. The highest BCUT2D eigenvalue weighted by atomic mass is 28.4. The van der Waals surface area contributed by atoms with Gasteiger partial charge in [-0.1, -0.05) is 24.6 Å². The number of hydrogen-bond donors (Lipinski definition) is 0. The summed E-state index contributed by atoms with van der Waals surface area (Å²) in [6, 6.07) is 11.3. The Hall–Kier alpha value is -1.27. The van der Waals surface area contributed by atoms with Crippen LogP contribution in [0.2, 0.25) is 6.04 Å². The number of para-hydroxylation sites is 1. The maximum absolute atomic E-state index is 5.44. The fraction of sp³-hybridized carbons (Fsp3) is 0.471. The number of rotatable bonds is 9. The molecule has 5 heteroatoms. The lowest BCUT2D eigenvalue weighted by Crippen LogP contribution is -2.42. The topological polar surface area (TPSA) is 40.6 Å². The highest BCUT2D eigenvalue weighted by Crippen LogP contribution is 2.20. The molecule has 2 aromatic rings. The summed E-state index contributed by atoms with van der Waals surface area (Å²) < 4.78 is 16.3. The molecule has 0 saturated carbocycles. The zero-order chi connectivity index (χ0) is 15.8. The SMILES string of the molecule is CO[Si](CCCCCc1ccnc2ccccc12)(OC)OC. The van der Waals surface area contributed by atoms with Crippen LogP contribution in [-0.4, -0.2) is 35.1 Å². The Morgan fingerprint density at radius 1 is 0.909 bits per heavy atom. The van der Waals surface area contributed by atoms with Crippen LogP contribution in [-0.2, 0) is 19.7 Å². The maximum Gasteiger partial charge on any atom is 0.500 e. The Kier molecular flexibility index (Phi) is 6.51. The molecule has 0 radical (unpaired) electrons. The normalized spacial score (nSPS) is 12.0. The molecule has 1 aromatic heterocycles. The van der Waals surface area contributed by atoms with Gasteiger partial charge >= 0.3 is 8.80 Å². The standard InChI is InChI=1S/C17H25NO3Si/c1-19-22(20-2,21-3)14-8-4-5-9-15-12-13-18-17-11-7-6-10-16(15)17/h6-7,10-13H,4-5,8-9,14H2,1-3H3. The fourth-order valence-electron chi connectivity index (χ4n) is 2.76. The molecule has 120 valence electrons. The van der Waals surface area contributed by atoms with Gasteiger partial charge in [-0.15, -0.1) is 0 Å². The molecule has 0 aliphatic rings. The van der Waals surface area contributed by atoms with E-state index in [1.165, 1.54) is 10.9 Å². The van der Waals surface area contributed by atoms with Gasteiger partial charge in [-0.05, 0) is 37.0 Å². The molecule has 4 nitrogen and oxygen atoms in total. The van der Waals surface area contributed by atoms with Gasteiger partial charge in [0.15, 0.2) is 0 Å². The second-order valence-electron chi connectivity index (χ2n) is 5.34. The van der Waals surface area contributed by atoms with E-state index in [9.17, 15) is 0 Å². The zero-order valence-corrected chi connectivity index (χ0v) is 14.7. The summed E-state index contributed by atoms with van der Waals surface area (Å²) in [5.41, 5.74) is 2.45. The third-order valence-corrected chi connectivity index (χ3v) is 6.93. The van der Waals surface area contributed by atoms with Gasteiger partial charge in [0.25, 0.3) is 0 Å². The van der Waals surface area contributed by atoms with Gasteiger partial charge in [0, 0.05) is 39.0 Å². The average molecular weight is 319 g/mol. The molecule has 0 atom stereocenters. The quantitative estimate of drug-likeness (QED) is 0.520. The molecule has 1 aromatic carbocycles. The molecule has 0 bridgehead atoms. The van der Waals surface area contributed by atoms with Crippen molar-refractivity contribution in [1.29, 1.82) is 0 Å². The number of unbranched alkanes of at least 4 members (excludes halogenated alkanes) is 2. The molecule has 0 unspecified atom stereocenters. The summed E-state index contributed by atoms with van der Waals surface area (Å²) >= 11 is 0. The number of benzene rings is 1. The average Bonchev–Trinajstić information content (AvgIpc) is 2.59. The summed E-state index contributed by atoms with van der Waals surface area (Å²) in [5, 5.41) is 1.26. The van der Waals surface area contributed by atoms with Crippen molar-refractivity contribution in [3.63, 3.8) is 0 Å². The minimum atomic E-state index is -2.40. The van der Waals surface area contributed by atoms with E-state index >= 15 is 0 Å². The van der Waals surface area contributed by atoms with E-state index in [4.69, 9.17) is 13.3 Å². The van der Waals surface area contributed by atoms with Crippen LogP contribution in [0.5, 0.6) is 0 Å². The third kappa shape index (κ3) is 4.13. The molecule has 2 rings (SSSR count). The van der Waals surface area contributed by atoms with E-state index in [0.717, 1.165) is 37.2 Å². The van der Waals surface area contributed by atoms with Crippen LogP contribution < -0.4 is 0 Å². The van der Waals surface area contributed by atoms with Crippen LogP contribution in [0.15, 0.2) is 36.5 Å². The van der Waals surface area contributed by atoms with Gasteiger partial charge in [-0.3, -0.25) is 4.98 Å². The molecule has 0 N–H and O–H groups in total. The zero-order valence-electron chi connectivity index (χ0n) is 13.7. The minimum absolute atomic E-state index is 0.869. The molecule has 1 heterocycles. The monoisotopic (exact) mass is 319 g/mol. The van der Waals surface area contributed by atoms with E-state index in [0.29, 0.717) is 0 Å². The molecular weight excluding hydrogens is 294 g/mol. The molecule has 0 amide bonds. The molecule has 0 fully saturated rings. The Morgan fingerprint density at radius 2 is 1.64 bits per heavy atom. The molecule has 0 spiro atoms. The van der Waals surface area contributed by atoms with E-state index in [2.05, 4.69) is 29.2 Å². The summed E-state index contributed by atoms with van der Waals surface area (Å²) in [6.07, 6.45) is 6.32. The van der Waals surface area contributed by atoms with Gasteiger partial charge in [-0.2, -0.15) is 0 Å². The second kappa shape index (κ2) is 8.38. The predicted molar refractivity (Wildman–Crippen MR) is 90.9 cm³/mol. The van der Waals surface area contributed by atoms with Crippen LogP contribution in [0.25, 0.3) is 10.9 Å². The van der Waals surface area contributed by atoms with Crippen molar-refractivity contribution < 1.29 is 13.3 Å². The first-order chi connectivity index (χ1) is 10.7. The molecule has 0 aliphatic heterocycles. The van der Waals surface area contributed by atoms with Gasteiger partial charge in [-0.25, -0.2) is 0 Å². The van der Waals surface area contributed by atoms with E-state index in [-0.39, 0.29) is 0 Å². The molecule has 22 heavy (non-hydrogen) atoms. The van der Waals surface area contributed by atoms with Crippen LogP contribution in [0.1, 0.15) is 24.8 Å². The van der Waals surface area contributed by atoms with E-state index in [1.54, 1.807) is 21.3 Å². The summed E-state index contributed by atoms with van der Waals surface area (Å²) in [4.78, 5) is 4.41. The lowest BCUT2D eigenvalue weighted by molar-refractivity contribution is 0.122. The summed E-state index contributed by atoms with van der Waals surface area (Å²) in [7, 11) is 2.61. The lowest BCUT2D eigenvalue weighted by atomic mass is 10.0. The van der Waals surface area contributed by atoms with Gasteiger partial charge in [0.05, 0.1) is 5.52 Å². The van der Waals surface area contributed by atoms with Gasteiger partial charge < -0.3 is 13.3 Å². The van der Waals surface area contributed by atoms with Crippen LogP contribution in [0.3, 0.4) is 0 Å². The van der Waals surface area contributed by atoms with Crippen molar-refractivity contribution in [2.75, 3.05) is 21.3 Å². The summed E-state index contributed by atoms with van der Waals surface area (Å²) in [6.45, 7) is 0. The van der Waals surface area contributed by atoms with Gasteiger partial charge in [0.1, 0.15) is 0 Å². The molecule has 0 aliphatic carbocycles. The molecule has 0 saturated heterocycles. The third-order valence-electron chi connectivity index (χ3n) is 4.10. The first-order valence-electron chi connectivity index (χ1n) is 7.73. The number of hydrogen-bond acceptors (Lipinski definition) is 4.